The molecule has 0 heterocycles. The second-order valence-corrected chi connectivity index (χ2v) is 2.73. The van der Waals surface area contributed by atoms with Crippen LogP contribution in [0.15, 0.2) is 0 Å². The van der Waals surface area contributed by atoms with Gasteiger partial charge in [-0.05, 0) is 13.5 Å². The quantitative estimate of drug-likeness (QED) is 0.551. The van der Waals surface area contributed by atoms with Crippen molar-refractivity contribution in [1.29, 1.82) is 0 Å². The van der Waals surface area contributed by atoms with Gasteiger partial charge in [-0.25, -0.2) is 0 Å². The molecule has 0 spiro atoms. The molecular formula is C6H15NS. The van der Waals surface area contributed by atoms with E-state index in [1.165, 1.54) is 12.8 Å². The molecule has 0 aromatic rings. The monoisotopic (exact) mass is 133 g/mol. The fourth-order valence-electron chi connectivity index (χ4n) is 0.671. The third-order valence-corrected chi connectivity index (χ3v) is 1.50. The van der Waals surface area contributed by atoms with Crippen molar-refractivity contribution >= 4 is 12.6 Å². The van der Waals surface area contributed by atoms with E-state index in [0.717, 1.165) is 6.54 Å². The highest BCUT2D eigenvalue weighted by atomic mass is 32.1. The van der Waals surface area contributed by atoms with Crippen molar-refractivity contribution in [2.75, 3.05) is 13.6 Å². The summed E-state index contributed by atoms with van der Waals surface area (Å²) >= 11 is 4.33. The first-order chi connectivity index (χ1) is 3.81. The highest BCUT2D eigenvalue weighted by Gasteiger charge is 1.96. The summed E-state index contributed by atoms with van der Waals surface area (Å²) in [6.07, 6.45) is 2.44. The van der Waals surface area contributed by atoms with Crippen molar-refractivity contribution in [1.82, 2.24) is 5.32 Å². The van der Waals surface area contributed by atoms with E-state index in [0.29, 0.717) is 5.25 Å². The molecule has 0 rings (SSSR count). The molecule has 0 fully saturated rings. The Labute approximate surface area is 57.3 Å². The lowest BCUT2D eigenvalue weighted by Gasteiger charge is -2.05. The van der Waals surface area contributed by atoms with Crippen molar-refractivity contribution in [3.05, 3.63) is 0 Å². The molecule has 50 valence electrons. The molecule has 1 atom stereocenters. The number of rotatable bonds is 4. The zero-order valence-electron chi connectivity index (χ0n) is 5.65. The highest BCUT2D eigenvalue weighted by Crippen LogP contribution is 2.01. The fraction of sp³-hybridized carbons (Fsp3) is 1.00. The molecule has 0 bridgehead atoms. The summed E-state index contributed by atoms with van der Waals surface area (Å²) in [5.74, 6) is 0. The fourth-order valence-corrected chi connectivity index (χ4v) is 1.11. The zero-order valence-corrected chi connectivity index (χ0v) is 6.54. The van der Waals surface area contributed by atoms with Gasteiger partial charge in [0.2, 0.25) is 0 Å². The first-order valence-electron chi connectivity index (χ1n) is 3.14. The van der Waals surface area contributed by atoms with Gasteiger partial charge in [-0.3, -0.25) is 0 Å². The van der Waals surface area contributed by atoms with Crippen LogP contribution in [0.3, 0.4) is 0 Å². The van der Waals surface area contributed by atoms with E-state index in [1.54, 1.807) is 0 Å². The van der Waals surface area contributed by atoms with Gasteiger partial charge >= 0.3 is 0 Å². The Bertz CT molecular complexity index is 41.8. The Morgan fingerprint density at radius 1 is 1.62 bits per heavy atom. The van der Waals surface area contributed by atoms with Gasteiger partial charge in [0.15, 0.2) is 0 Å². The summed E-state index contributed by atoms with van der Waals surface area (Å²) < 4.78 is 0. The topological polar surface area (TPSA) is 12.0 Å². The maximum Gasteiger partial charge on any atom is 0.0142 e. The Morgan fingerprint density at radius 2 is 2.25 bits per heavy atom. The summed E-state index contributed by atoms with van der Waals surface area (Å²) in [6, 6.07) is 0. The van der Waals surface area contributed by atoms with Gasteiger partial charge in [0.25, 0.3) is 0 Å². The van der Waals surface area contributed by atoms with Gasteiger partial charge in [0.05, 0.1) is 0 Å². The molecule has 0 aliphatic heterocycles. The molecule has 8 heavy (non-hydrogen) atoms. The van der Waals surface area contributed by atoms with Gasteiger partial charge < -0.3 is 5.32 Å². The minimum Gasteiger partial charge on any atom is -0.319 e. The van der Waals surface area contributed by atoms with Crippen molar-refractivity contribution in [3.63, 3.8) is 0 Å². The van der Waals surface area contributed by atoms with Crippen LogP contribution < -0.4 is 5.32 Å². The minimum absolute atomic E-state index is 0.546. The molecule has 0 aliphatic carbocycles. The summed E-state index contributed by atoms with van der Waals surface area (Å²) in [5.41, 5.74) is 0. The van der Waals surface area contributed by atoms with Crippen LogP contribution >= 0.6 is 12.6 Å². The standard InChI is InChI=1S/C6H15NS/c1-3-4-6(8)5-7-2/h6-8H,3-5H2,1-2H3. The molecule has 0 amide bonds. The van der Waals surface area contributed by atoms with Crippen molar-refractivity contribution < 1.29 is 0 Å². The number of hydrogen-bond donors (Lipinski definition) is 2. The summed E-state index contributed by atoms with van der Waals surface area (Å²) in [4.78, 5) is 0. The van der Waals surface area contributed by atoms with Crippen LogP contribution in [0.25, 0.3) is 0 Å². The summed E-state index contributed by atoms with van der Waals surface area (Å²) in [5, 5.41) is 3.62. The average molecular weight is 133 g/mol. The van der Waals surface area contributed by atoms with Crippen LogP contribution in [0, 0.1) is 0 Å². The Balaban J connectivity index is 2.92. The van der Waals surface area contributed by atoms with Crippen LogP contribution in [0.1, 0.15) is 19.8 Å². The number of nitrogens with one attached hydrogen (secondary N) is 1. The SMILES string of the molecule is CCCC(S)CNC. The molecule has 1 nitrogen and oxygen atoms in total. The van der Waals surface area contributed by atoms with Crippen molar-refractivity contribution in [2.24, 2.45) is 0 Å². The first-order valence-corrected chi connectivity index (χ1v) is 3.65. The van der Waals surface area contributed by atoms with Gasteiger partial charge in [-0.2, -0.15) is 12.6 Å². The van der Waals surface area contributed by atoms with E-state index in [1.807, 2.05) is 7.05 Å². The molecule has 2 heteroatoms. The van der Waals surface area contributed by atoms with Crippen LogP contribution in [0.4, 0.5) is 0 Å². The van der Waals surface area contributed by atoms with E-state index in [2.05, 4.69) is 24.9 Å². The number of hydrogen-bond acceptors (Lipinski definition) is 2. The third kappa shape index (κ3) is 4.47. The molecule has 0 aromatic heterocycles. The Morgan fingerprint density at radius 3 is 2.62 bits per heavy atom. The average Bonchev–Trinajstić information content (AvgIpc) is 1.68. The van der Waals surface area contributed by atoms with Crippen molar-refractivity contribution in [2.45, 2.75) is 25.0 Å². The second kappa shape index (κ2) is 5.45. The van der Waals surface area contributed by atoms with E-state index in [-0.39, 0.29) is 0 Å². The predicted octanol–water partition coefficient (Wildman–Crippen LogP) is 1.30. The Hall–Kier alpha value is 0.310. The minimum atomic E-state index is 0.546. The molecule has 0 radical (unpaired) electrons. The molecule has 0 saturated heterocycles. The van der Waals surface area contributed by atoms with E-state index in [4.69, 9.17) is 0 Å². The smallest absolute Gasteiger partial charge is 0.0142 e. The first kappa shape index (κ1) is 8.31. The lowest BCUT2D eigenvalue weighted by Crippen LogP contribution is -2.18. The molecule has 1 unspecified atom stereocenters. The highest BCUT2D eigenvalue weighted by molar-refractivity contribution is 7.81. The Kier molecular flexibility index (Phi) is 5.66. The second-order valence-electron chi connectivity index (χ2n) is 2.00. The van der Waals surface area contributed by atoms with E-state index < -0.39 is 0 Å². The maximum absolute atomic E-state index is 4.33. The lowest BCUT2D eigenvalue weighted by molar-refractivity contribution is 0.685. The number of thiol groups is 1. The van der Waals surface area contributed by atoms with E-state index >= 15 is 0 Å². The van der Waals surface area contributed by atoms with Crippen LogP contribution in [0.2, 0.25) is 0 Å². The predicted molar refractivity (Wildman–Crippen MR) is 41.6 cm³/mol. The van der Waals surface area contributed by atoms with Gasteiger partial charge in [-0.1, -0.05) is 13.3 Å². The van der Waals surface area contributed by atoms with E-state index in [9.17, 15) is 0 Å². The maximum atomic E-state index is 4.33. The molecule has 0 aliphatic rings. The van der Waals surface area contributed by atoms with Crippen molar-refractivity contribution in [3.8, 4) is 0 Å². The van der Waals surface area contributed by atoms with Crippen LogP contribution in [-0.2, 0) is 0 Å². The van der Waals surface area contributed by atoms with Gasteiger partial charge in [-0.15, -0.1) is 0 Å². The van der Waals surface area contributed by atoms with Crippen LogP contribution in [-0.4, -0.2) is 18.8 Å². The summed E-state index contributed by atoms with van der Waals surface area (Å²) in [7, 11) is 1.96. The lowest BCUT2D eigenvalue weighted by atomic mass is 10.2. The molecule has 0 saturated carbocycles. The molecular weight excluding hydrogens is 118 g/mol. The van der Waals surface area contributed by atoms with Crippen LogP contribution in [0.5, 0.6) is 0 Å². The summed E-state index contributed by atoms with van der Waals surface area (Å²) in [6.45, 7) is 3.20. The third-order valence-electron chi connectivity index (χ3n) is 1.06. The zero-order chi connectivity index (χ0) is 6.41. The van der Waals surface area contributed by atoms with Gasteiger partial charge in [0, 0.05) is 11.8 Å². The molecule has 0 aromatic carbocycles. The normalized spacial score (nSPS) is 13.9. The van der Waals surface area contributed by atoms with Gasteiger partial charge in [0.1, 0.15) is 0 Å². The largest absolute Gasteiger partial charge is 0.319 e. The molecule has 1 N–H and O–H groups in total.